The first-order chi connectivity index (χ1) is 9.20. The summed E-state index contributed by atoms with van der Waals surface area (Å²) in [6.45, 7) is 0. The number of aromatic hydroxyl groups is 1. The predicted molar refractivity (Wildman–Crippen MR) is 69.6 cm³/mol. The number of hydrogen-bond acceptors (Lipinski definition) is 3. The van der Waals surface area contributed by atoms with Crippen LogP contribution in [0.1, 0.15) is 5.56 Å². The number of nitrogens with zero attached hydrogens (tertiary/aromatic N) is 1. The summed E-state index contributed by atoms with van der Waals surface area (Å²) >= 11 is 1.48. The second-order valence-corrected chi connectivity index (χ2v) is 4.82. The summed E-state index contributed by atoms with van der Waals surface area (Å²) in [6, 6.07) is 1.78. The van der Waals surface area contributed by atoms with Gasteiger partial charge in [-0.2, -0.15) is 18.2 Å². The maximum atomic E-state index is 13.2. The van der Waals surface area contributed by atoms with Gasteiger partial charge in [-0.05, 0) is 40.8 Å². The molecule has 0 aliphatic heterocycles. The fourth-order valence-electron chi connectivity index (χ4n) is 1.53. The minimum Gasteiger partial charge on any atom is -0.492 e. The SMILES string of the molecule is O=c1[nH]c(-c2cc(F)ccc2C(F)(F)F)nc(O)c1I. The summed E-state index contributed by atoms with van der Waals surface area (Å²) in [4.78, 5) is 17.0. The number of benzene rings is 1. The van der Waals surface area contributed by atoms with Crippen LogP contribution >= 0.6 is 22.6 Å². The average Bonchev–Trinajstić information content (AvgIpc) is 2.33. The normalized spacial score (nSPS) is 11.7. The second kappa shape index (κ2) is 5.04. The van der Waals surface area contributed by atoms with E-state index in [2.05, 4.69) is 9.97 Å². The van der Waals surface area contributed by atoms with E-state index in [0.29, 0.717) is 18.2 Å². The molecule has 0 amide bonds. The number of alkyl halides is 3. The van der Waals surface area contributed by atoms with Crippen LogP contribution in [0.5, 0.6) is 5.88 Å². The van der Waals surface area contributed by atoms with E-state index in [-0.39, 0.29) is 3.57 Å². The molecule has 1 aromatic carbocycles. The molecule has 1 heterocycles. The molecule has 0 unspecified atom stereocenters. The molecule has 2 N–H and O–H groups in total. The Morgan fingerprint density at radius 3 is 2.50 bits per heavy atom. The Bertz CT molecular complexity index is 727. The van der Waals surface area contributed by atoms with Crippen LogP contribution in [0.4, 0.5) is 17.6 Å². The third kappa shape index (κ3) is 2.76. The highest BCUT2D eigenvalue weighted by molar-refractivity contribution is 14.1. The quantitative estimate of drug-likeness (QED) is 0.572. The van der Waals surface area contributed by atoms with Crippen molar-refractivity contribution in [2.45, 2.75) is 6.18 Å². The number of nitrogens with one attached hydrogen (secondary N) is 1. The summed E-state index contributed by atoms with van der Waals surface area (Å²) in [7, 11) is 0. The van der Waals surface area contributed by atoms with Gasteiger partial charge < -0.3 is 10.1 Å². The summed E-state index contributed by atoms with van der Waals surface area (Å²) in [5.74, 6) is -2.20. The van der Waals surface area contributed by atoms with Crippen molar-refractivity contribution in [1.29, 1.82) is 0 Å². The predicted octanol–water partition coefficient (Wildman–Crippen LogP) is 2.90. The number of H-pyrrole nitrogens is 1. The third-order valence-corrected chi connectivity index (χ3v) is 3.36. The van der Waals surface area contributed by atoms with Gasteiger partial charge in [0, 0.05) is 5.56 Å². The Morgan fingerprint density at radius 2 is 1.95 bits per heavy atom. The van der Waals surface area contributed by atoms with Gasteiger partial charge in [0.1, 0.15) is 15.2 Å². The summed E-state index contributed by atoms with van der Waals surface area (Å²) in [5, 5.41) is 9.39. The van der Waals surface area contributed by atoms with Crippen molar-refractivity contribution >= 4 is 22.6 Å². The van der Waals surface area contributed by atoms with Gasteiger partial charge in [0.2, 0.25) is 5.88 Å². The Morgan fingerprint density at radius 1 is 1.30 bits per heavy atom. The molecule has 0 saturated carbocycles. The van der Waals surface area contributed by atoms with Gasteiger partial charge in [0.15, 0.2) is 0 Å². The first kappa shape index (κ1) is 14.8. The zero-order valence-corrected chi connectivity index (χ0v) is 11.6. The molecule has 20 heavy (non-hydrogen) atoms. The van der Waals surface area contributed by atoms with Crippen molar-refractivity contribution in [3.63, 3.8) is 0 Å². The molecule has 0 spiro atoms. The van der Waals surface area contributed by atoms with Crippen LogP contribution in [0.3, 0.4) is 0 Å². The molecule has 0 bridgehead atoms. The smallest absolute Gasteiger partial charge is 0.417 e. The first-order valence-corrected chi connectivity index (χ1v) is 6.14. The van der Waals surface area contributed by atoms with Crippen LogP contribution < -0.4 is 5.56 Å². The lowest BCUT2D eigenvalue weighted by Crippen LogP contribution is -2.15. The van der Waals surface area contributed by atoms with Gasteiger partial charge in [0.25, 0.3) is 5.56 Å². The second-order valence-electron chi connectivity index (χ2n) is 3.74. The van der Waals surface area contributed by atoms with Crippen LogP contribution in [0.15, 0.2) is 23.0 Å². The van der Waals surface area contributed by atoms with Crippen LogP contribution in [-0.2, 0) is 6.18 Å². The Balaban J connectivity index is 2.75. The van der Waals surface area contributed by atoms with E-state index < -0.39 is 40.4 Å². The fourth-order valence-corrected chi connectivity index (χ4v) is 1.79. The van der Waals surface area contributed by atoms with Crippen LogP contribution in [0.25, 0.3) is 11.4 Å². The van der Waals surface area contributed by atoms with Crippen molar-refractivity contribution < 1.29 is 22.7 Å². The van der Waals surface area contributed by atoms with Gasteiger partial charge in [-0.1, -0.05) is 0 Å². The largest absolute Gasteiger partial charge is 0.492 e. The molecular formula is C11H5F4IN2O2. The average molecular weight is 400 g/mol. The standard InChI is InChI=1S/C11H5F4IN2O2/c12-4-1-2-6(11(13,14)15)5(3-4)8-17-9(19)7(16)10(20)18-8/h1-3H,(H2,17,18,19,20). The van der Waals surface area contributed by atoms with Gasteiger partial charge >= 0.3 is 6.18 Å². The number of aromatic amines is 1. The first-order valence-electron chi connectivity index (χ1n) is 5.06. The minimum atomic E-state index is -4.75. The highest BCUT2D eigenvalue weighted by atomic mass is 127. The van der Waals surface area contributed by atoms with Crippen molar-refractivity contribution in [3.05, 3.63) is 43.5 Å². The number of aromatic nitrogens is 2. The van der Waals surface area contributed by atoms with E-state index in [4.69, 9.17) is 0 Å². The molecule has 0 atom stereocenters. The molecule has 0 aliphatic carbocycles. The molecule has 0 aliphatic rings. The van der Waals surface area contributed by atoms with Gasteiger partial charge in [0.05, 0.1) is 5.56 Å². The molecule has 2 aromatic rings. The Kier molecular flexibility index (Phi) is 3.71. The lowest BCUT2D eigenvalue weighted by molar-refractivity contribution is -0.137. The monoisotopic (exact) mass is 400 g/mol. The lowest BCUT2D eigenvalue weighted by atomic mass is 10.1. The number of halogens is 5. The zero-order valence-electron chi connectivity index (χ0n) is 9.42. The fraction of sp³-hybridized carbons (Fsp3) is 0.0909. The number of rotatable bonds is 1. The lowest BCUT2D eigenvalue weighted by Gasteiger charge is -2.12. The number of hydrogen-bond donors (Lipinski definition) is 2. The topological polar surface area (TPSA) is 66.0 Å². The molecular weight excluding hydrogens is 395 g/mol. The molecule has 9 heteroatoms. The molecule has 0 saturated heterocycles. The highest BCUT2D eigenvalue weighted by Crippen LogP contribution is 2.36. The van der Waals surface area contributed by atoms with Crippen molar-refractivity contribution in [2.24, 2.45) is 0 Å². The molecule has 1 aromatic heterocycles. The molecule has 0 fully saturated rings. The minimum absolute atomic E-state index is 0.170. The maximum absolute atomic E-state index is 13.2. The van der Waals surface area contributed by atoms with Crippen LogP contribution in [0.2, 0.25) is 0 Å². The van der Waals surface area contributed by atoms with E-state index in [1.807, 2.05) is 0 Å². The van der Waals surface area contributed by atoms with E-state index in [1.165, 1.54) is 22.6 Å². The Labute approximate surface area is 122 Å². The van der Waals surface area contributed by atoms with Crippen LogP contribution in [-0.4, -0.2) is 15.1 Å². The van der Waals surface area contributed by atoms with E-state index in [9.17, 15) is 27.5 Å². The van der Waals surface area contributed by atoms with Crippen molar-refractivity contribution in [3.8, 4) is 17.3 Å². The summed E-state index contributed by atoms with van der Waals surface area (Å²) < 4.78 is 51.5. The summed E-state index contributed by atoms with van der Waals surface area (Å²) in [5.41, 5.74) is -2.63. The summed E-state index contributed by atoms with van der Waals surface area (Å²) in [6.07, 6.45) is -4.75. The maximum Gasteiger partial charge on any atom is 0.417 e. The molecule has 2 rings (SSSR count). The van der Waals surface area contributed by atoms with Gasteiger partial charge in [-0.25, -0.2) is 4.39 Å². The van der Waals surface area contributed by atoms with Gasteiger partial charge in [-0.3, -0.25) is 4.79 Å². The van der Waals surface area contributed by atoms with Crippen molar-refractivity contribution in [1.82, 2.24) is 9.97 Å². The van der Waals surface area contributed by atoms with Gasteiger partial charge in [-0.15, -0.1) is 0 Å². The highest BCUT2D eigenvalue weighted by Gasteiger charge is 2.34. The molecule has 4 nitrogen and oxygen atoms in total. The third-order valence-electron chi connectivity index (χ3n) is 2.39. The van der Waals surface area contributed by atoms with E-state index >= 15 is 0 Å². The van der Waals surface area contributed by atoms with E-state index in [1.54, 1.807) is 0 Å². The van der Waals surface area contributed by atoms with E-state index in [0.717, 1.165) is 0 Å². The zero-order chi connectivity index (χ0) is 15.1. The molecule has 106 valence electrons. The Hall–Kier alpha value is -1.65. The molecule has 0 radical (unpaired) electrons. The van der Waals surface area contributed by atoms with Crippen molar-refractivity contribution in [2.75, 3.05) is 0 Å². The van der Waals surface area contributed by atoms with Crippen LogP contribution in [0, 0.1) is 9.39 Å².